The first-order valence-electron chi connectivity index (χ1n) is 11.7. The van der Waals surface area contributed by atoms with E-state index >= 15 is 0 Å². The van der Waals surface area contributed by atoms with Crippen LogP contribution in [0.4, 0.5) is 0 Å². The normalized spacial score (nSPS) is 31.5. The molecule has 2 heterocycles. The molecule has 2 saturated carbocycles. The van der Waals surface area contributed by atoms with E-state index in [4.69, 9.17) is 10.1 Å². The zero-order valence-electron chi connectivity index (χ0n) is 21.1. The summed E-state index contributed by atoms with van der Waals surface area (Å²) >= 11 is 3.74. The van der Waals surface area contributed by atoms with Gasteiger partial charge in [0.25, 0.3) is 0 Å². The summed E-state index contributed by atoms with van der Waals surface area (Å²) in [5.74, 6) is 4.99. The third-order valence-electron chi connectivity index (χ3n) is 6.46. The number of hydrogen-bond acceptors (Lipinski definition) is 4. The van der Waals surface area contributed by atoms with Crippen LogP contribution < -0.4 is 18.9 Å². The second-order valence-corrected chi connectivity index (χ2v) is 12.2. The van der Waals surface area contributed by atoms with Crippen molar-refractivity contribution in [3.8, 4) is 0 Å². The molecule has 0 bridgehead atoms. The fourth-order valence-electron chi connectivity index (χ4n) is 4.90. The molecule has 2 aliphatic carbocycles. The van der Waals surface area contributed by atoms with Crippen LogP contribution in [-0.2, 0) is 9.53 Å². The third-order valence-corrected chi connectivity index (χ3v) is 7.70. The van der Waals surface area contributed by atoms with E-state index in [1.807, 2.05) is 23.5 Å². The van der Waals surface area contributed by atoms with Crippen molar-refractivity contribution in [3.05, 3.63) is 17.5 Å². The number of rotatable bonds is 7. The van der Waals surface area contributed by atoms with Crippen LogP contribution in [-0.4, -0.2) is 53.6 Å². The summed E-state index contributed by atoms with van der Waals surface area (Å²) in [5, 5.41) is 4.75. The van der Waals surface area contributed by atoms with E-state index in [0.717, 1.165) is 30.6 Å². The van der Waals surface area contributed by atoms with E-state index in [-0.39, 0.29) is 29.9 Å². The smallest absolute Gasteiger partial charge is 0.652 e. The second-order valence-electron chi connectivity index (χ2n) is 10.4. The minimum atomic E-state index is 0. The number of fused-ring (bicyclic) bond motifs is 1. The fourth-order valence-corrected chi connectivity index (χ4v) is 6.06. The third kappa shape index (κ3) is 11.5. The number of carbonyl (C=O) groups excluding carboxylic acids is 1. The predicted molar refractivity (Wildman–Crippen MR) is 135 cm³/mol. The maximum absolute atomic E-state index is 11.1. The van der Waals surface area contributed by atoms with Crippen molar-refractivity contribution >= 4 is 29.3 Å². The number of hydrogen-bond donors (Lipinski definition) is 0. The van der Waals surface area contributed by atoms with Crippen molar-refractivity contribution in [1.82, 2.24) is 0 Å². The number of ketones is 1. The summed E-state index contributed by atoms with van der Waals surface area (Å²) in [6, 6.07) is 0. The van der Waals surface area contributed by atoms with Crippen LogP contribution in [0, 0.1) is 17.8 Å². The summed E-state index contributed by atoms with van der Waals surface area (Å²) in [7, 11) is 0. The molecule has 0 amide bonds. The molecule has 0 aromatic heterocycles. The Kier molecular flexibility index (Phi) is 13.5. The maximum atomic E-state index is 11.1. The molecule has 0 N–H and O–H groups in total. The molecular formula is C25H44LiNO2S2. The zero-order valence-corrected chi connectivity index (χ0v) is 22.7. The van der Waals surface area contributed by atoms with E-state index in [0.29, 0.717) is 17.8 Å². The number of piperidine rings is 1. The van der Waals surface area contributed by atoms with Crippen molar-refractivity contribution in [2.75, 3.05) is 30.6 Å². The molecule has 4 aliphatic rings. The standard InChI is InChI=1S/C9H18N.C8H12OS.C8H14OS.Li/c1-8(2)6-5-7-9(3,4)10-8;1-10-4-6-5-2-3-7(9)8(5)6;1-10-6-4-2-3-5-8-7-9-8;/h5-7H2,1-4H3;5-6,8H,2-4H2,1H3;2,4,8H,3,5-7H2,1H3;/q-1;;;+1/b;;4-2+;/t;5-,6-,8-;;/m.0../s1. The molecule has 6 heteroatoms. The number of allylic oxidation sites excluding steroid dienone is 1. The van der Waals surface area contributed by atoms with E-state index in [1.165, 1.54) is 44.3 Å². The molecule has 0 radical (unpaired) electrons. The predicted octanol–water partition coefficient (Wildman–Crippen LogP) is 3.76. The summed E-state index contributed by atoms with van der Waals surface area (Å²) in [4.78, 5) is 11.1. The Labute approximate surface area is 212 Å². The van der Waals surface area contributed by atoms with Gasteiger partial charge in [-0.3, -0.25) is 4.79 Å². The quantitative estimate of drug-likeness (QED) is 0.329. The van der Waals surface area contributed by atoms with E-state index in [1.54, 1.807) is 0 Å². The van der Waals surface area contributed by atoms with Gasteiger partial charge in [-0.1, -0.05) is 59.1 Å². The maximum Gasteiger partial charge on any atom is 1.00 e. The molecule has 2 saturated heterocycles. The van der Waals surface area contributed by atoms with Gasteiger partial charge in [0, 0.05) is 18.1 Å². The Bertz CT molecular complexity index is 550. The van der Waals surface area contributed by atoms with Crippen LogP contribution in [0.25, 0.3) is 5.32 Å². The monoisotopic (exact) mass is 461 g/mol. The number of ether oxygens (including phenoxy) is 1. The number of carbonyl (C=O) groups is 1. The van der Waals surface area contributed by atoms with E-state index < -0.39 is 0 Å². The molecular weight excluding hydrogens is 417 g/mol. The van der Waals surface area contributed by atoms with Gasteiger partial charge in [0.2, 0.25) is 0 Å². The van der Waals surface area contributed by atoms with Crippen molar-refractivity contribution in [2.24, 2.45) is 17.8 Å². The van der Waals surface area contributed by atoms with Crippen LogP contribution in [0.15, 0.2) is 12.2 Å². The van der Waals surface area contributed by atoms with Crippen molar-refractivity contribution < 1.29 is 28.4 Å². The van der Waals surface area contributed by atoms with Crippen molar-refractivity contribution in [2.45, 2.75) is 89.8 Å². The van der Waals surface area contributed by atoms with Gasteiger partial charge in [-0.15, -0.1) is 11.1 Å². The topological polar surface area (TPSA) is 43.7 Å². The molecule has 4 atom stereocenters. The molecule has 2 aliphatic heterocycles. The Morgan fingerprint density at radius 2 is 1.74 bits per heavy atom. The molecule has 4 rings (SSSR count). The van der Waals surface area contributed by atoms with Crippen molar-refractivity contribution in [3.63, 3.8) is 0 Å². The van der Waals surface area contributed by atoms with Gasteiger partial charge in [0.15, 0.2) is 0 Å². The van der Waals surface area contributed by atoms with E-state index in [2.05, 4.69) is 52.4 Å². The Morgan fingerprint density at radius 1 is 1.10 bits per heavy atom. The average molecular weight is 462 g/mol. The SMILES string of the molecule is CC1(C)CCCC(C)(C)[N-]1.CSC/C=C/CCC1CO1.CSC[C@H]1[C@@H]2CCC(=O)[C@@H]21.[Li+]. The van der Waals surface area contributed by atoms with Gasteiger partial charge >= 0.3 is 18.9 Å². The van der Waals surface area contributed by atoms with Crippen LogP contribution in [0.5, 0.6) is 0 Å². The number of Topliss-reactive ketones (excluding diaryl/α,β-unsaturated/α-hetero) is 1. The molecule has 0 aromatic rings. The van der Waals surface area contributed by atoms with Gasteiger partial charge < -0.3 is 10.1 Å². The van der Waals surface area contributed by atoms with Gasteiger partial charge in [-0.2, -0.15) is 23.5 Å². The van der Waals surface area contributed by atoms with Crippen LogP contribution in [0.3, 0.4) is 0 Å². The summed E-state index contributed by atoms with van der Waals surface area (Å²) in [5.41, 5.74) is 0.476. The molecule has 1 unspecified atom stereocenters. The number of nitrogens with zero attached hydrogens (tertiary/aromatic N) is 1. The Hall–Kier alpha value is 0.627. The van der Waals surface area contributed by atoms with Gasteiger partial charge in [-0.25, -0.2) is 0 Å². The number of epoxide rings is 1. The van der Waals surface area contributed by atoms with Crippen LogP contribution in [0.1, 0.15) is 72.6 Å². The van der Waals surface area contributed by atoms with Crippen LogP contribution >= 0.6 is 23.5 Å². The Morgan fingerprint density at radius 3 is 2.16 bits per heavy atom. The zero-order chi connectivity index (χ0) is 22.2. The molecule has 31 heavy (non-hydrogen) atoms. The van der Waals surface area contributed by atoms with Crippen LogP contribution in [0.2, 0.25) is 0 Å². The molecule has 174 valence electrons. The first-order chi connectivity index (χ1) is 14.2. The number of thioether (sulfide) groups is 2. The van der Waals surface area contributed by atoms with Crippen molar-refractivity contribution in [1.29, 1.82) is 0 Å². The summed E-state index contributed by atoms with van der Waals surface area (Å²) < 4.78 is 5.08. The minimum Gasteiger partial charge on any atom is -0.652 e. The second kappa shape index (κ2) is 14.1. The first kappa shape index (κ1) is 29.7. The molecule has 0 aromatic carbocycles. The van der Waals surface area contributed by atoms with Gasteiger partial charge in [0.05, 0.1) is 12.7 Å². The van der Waals surface area contributed by atoms with Gasteiger partial charge in [-0.05, 0) is 49.4 Å². The largest absolute Gasteiger partial charge is 1.00 e. The average Bonchev–Trinajstić information content (AvgIpc) is 3.55. The molecule has 0 spiro atoms. The van der Waals surface area contributed by atoms with Gasteiger partial charge in [0.1, 0.15) is 5.78 Å². The molecule has 4 fully saturated rings. The molecule has 3 nitrogen and oxygen atoms in total. The Balaban J connectivity index is 0.000000229. The summed E-state index contributed by atoms with van der Waals surface area (Å²) in [6.07, 6.45) is 17.6. The minimum absolute atomic E-state index is 0. The summed E-state index contributed by atoms with van der Waals surface area (Å²) in [6.45, 7) is 9.92. The fraction of sp³-hybridized carbons (Fsp3) is 0.880. The first-order valence-corrected chi connectivity index (χ1v) is 14.5. The van der Waals surface area contributed by atoms with E-state index in [9.17, 15) is 4.79 Å².